The molecule has 0 aromatic heterocycles. The van der Waals surface area contributed by atoms with Crippen LogP contribution >= 0.6 is 0 Å². The lowest BCUT2D eigenvalue weighted by Gasteiger charge is -2.18. The molecule has 6 heteroatoms. The summed E-state index contributed by atoms with van der Waals surface area (Å²) in [6.45, 7) is 0.358. The first-order chi connectivity index (χ1) is 14.6. The van der Waals surface area contributed by atoms with Crippen LogP contribution in [0.3, 0.4) is 0 Å². The van der Waals surface area contributed by atoms with Gasteiger partial charge in [-0.15, -0.1) is 0 Å². The van der Waals surface area contributed by atoms with Crippen LogP contribution in [0.2, 0.25) is 0 Å². The molecular weight excluding hydrogens is 385 g/mol. The molecule has 0 aliphatic heterocycles. The molecule has 0 fully saturated rings. The predicted molar refractivity (Wildman–Crippen MR) is 111 cm³/mol. The van der Waals surface area contributed by atoms with Crippen molar-refractivity contribution in [2.24, 2.45) is 0 Å². The summed E-state index contributed by atoms with van der Waals surface area (Å²) >= 11 is 0. The Labute approximate surface area is 174 Å². The lowest BCUT2D eigenvalue weighted by atomic mass is 10.1. The van der Waals surface area contributed by atoms with Gasteiger partial charge >= 0.3 is 5.97 Å². The minimum atomic E-state index is -1.11. The number of anilines is 1. The fourth-order valence-electron chi connectivity index (χ4n) is 2.76. The SMILES string of the molecule is O=C(CCCOc1ccccc1)O[C@@H](C(=O)Nc1ccc(F)cc1)c1ccccc1. The number of hydrogen-bond acceptors (Lipinski definition) is 4. The van der Waals surface area contributed by atoms with E-state index in [1.165, 1.54) is 24.3 Å². The highest BCUT2D eigenvalue weighted by atomic mass is 19.1. The van der Waals surface area contributed by atoms with Gasteiger partial charge in [0.25, 0.3) is 5.91 Å². The number of benzene rings is 3. The fourth-order valence-corrected chi connectivity index (χ4v) is 2.76. The summed E-state index contributed by atoms with van der Waals surface area (Å²) < 4.78 is 24.1. The quantitative estimate of drug-likeness (QED) is 0.404. The number of nitrogens with one attached hydrogen (secondary N) is 1. The van der Waals surface area contributed by atoms with Crippen molar-refractivity contribution in [2.45, 2.75) is 18.9 Å². The van der Waals surface area contributed by atoms with E-state index in [-0.39, 0.29) is 6.42 Å². The smallest absolute Gasteiger partial charge is 0.307 e. The fraction of sp³-hybridized carbons (Fsp3) is 0.167. The molecule has 0 saturated carbocycles. The number of halogens is 1. The standard InChI is InChI=1S/C24H22FNO4/c25-19-13-15-20(16-14-19)26-24(28)23(18-8-3-1-4-9-18)30-22(27)12-7-17-29-21-10-5-2-6-11-21/h1-6,8-11,13-16,23H,7,12,17H2,(H,26,28)/t23-/m1/s1. The number of hydrogen-bond donors (Lipinski definition) is 1. The first kappa shape index (κ1) is 21.0. The number of carbonyl (C=O) groups is 2. The van der Waals surface area contributed by atoms with Crippen molar-refractivity contribution in [3.8, 4) is 5.75 Å². The predicted octanol–water partition coefficient (Wildman–Crippen LogP) is 4.91. The molecule has 1 atom stereocenters. The molecule has 1 amide bonds. The van der Waals surface area contributed by atoms with Crippen LogP contribution in [0.25, 0.3) is 0 Å². The highest BCUT2D eigenvalue weighted by Gasteiger charge is 2.25. The molecule has 5 nitrogen and oxygen atoms in total. The van der Waals surface area contributed by atoms with Gasteiger partial charge in [-0.2, -0.15) is 0 Å². The maximum absolute atomic E-state index is 13.1. The Morgan fingerprint density at radius 2 is 1.50 bits per heavy atom. The summed E-state index contributed by atoms with van der Waals surface area (Å²) in [6.07, 6.45) is -0.548. The zero-order chi connectivity index (χ0) is 21.2. The van der Waals surface area contributed by atoms with Gasteiger partial charge in [0.15, 0.2) is 0 Å². The van der Waals surface area contributed by atoms with E-state index >= 15 is 0 Å². The highest BCUT2D eigenvalue weighted by Crippen LogP contribution is 2.21. The van der Waals surface area contributed by atoms with E-state index in [1.54, 1.807) is 30.3 Å². The van der Waals surface area contributed by atoms with E-state index in [4.69, 9.17) is 9.47 Å². The lowest BCUT2D eigenvalue weighted by molar-refractivity contribution is -0.155. The molecule has 30 heavy (non-hydrogen) atoms. The molecule has 0 aliphatic rings. The van der Waals surface area contributed by atoms with Crippen LogP contribution in [0.5, 0.6) is 5.75 Å². The van der Waals surface area contributed by atoms with Crippen LogP contribution in [-0.2, 0) is 14.3 Å². The Hall–Kier alpha value is -3.67. The van der Waals surface area contributed by atoms with Crippen molar-refractivity contribution in [1.82, 2.24) is 0 Å². The third-order valence-electron chi connectivity index (χ3n) is 4.24. The minimum absolute atomic E-state index is 0.111. The molecule has 3 aromatic carbocycles. The third kappa shape index (κ3) is 6.44. The van der Waals surface area contributed by atoms with E-state index in [1.807, 2.05) is 30.3 Å². The summed E-state index contributed by atoms with van der Waals surface area (Å²) in [5, 5.41) is 2.65. The van der Waals surface area contributed by atoms with Crippen LogP contribution in [0.1, 0.15) is 24.5 Å². The van der Waals surface area contributed by atoms with Crippen LogP contribution in [0.4, 0.5) is 10.1 Å². The van der Waals surface area contributed by atoms with Crippen molar-refractivity contribution >= 4 is 17.6 Å². The molecular formula is C24H22FNO4. The molecule has 0 unspecified atom stereocenters. The van der Waals surface area contributed by atoms with Crippen molar-refractivity contribution in [1.29, 1.82) is 0 Å². The van der Waals surface area contributed by atoms with Crippen molar-refractivity contribution in [3.05, 3.63) is 96.3 Å². The first-order valence-corrected chi connectivity index (χ1v) is 9.60. The molecule has 0 radical (unpaired) electrons. The van der Waals surface area contributed by atoms with E-state index < -0.39 is 23.8 Å². The molecule has 0 heterocycles. The van der Waals surface area contributed by atoms with E-state index in [9.17, 15) is 14.0 Å². The Morgan fingerprint density at radius 3 is 2.17 bits per heavy atom. The average Bonchev–Trinajstić information content (AvgIpc) is 2.78. The van der Waals surface area contributed by atoms with Crippen LogP contribution in [0, 0.1) is 5.82 Å². The lowest BCUT2D eigenvalue weighted by Crippen LogP contribution is -2.26. The molecule has 0 spiro atoms. The Kier molecular flexibility index (Phi) is 7.55. The molecule has 0 saturated heterocycles. The van der Waals surface area contributed by atoms with Gasteiger partial charge in [0.05, 0.1) is 6.61 Å². The number of carbonyl (C=O) groups excluding carboxylic acids is 2. The second-order valence-electron chi connectivity index (χ2n) is 6.54. The normalized spacial score (nSPS) is 11.4. The summed E-state index contributed by atoms with van der Waals surface area (Å²) in [7, 11) is 0. The largest absolute Gasteiger partial charge is 0.494 e. The van der Waals surface area contributed by atoms with Crippen LogP contribution in [0.15, 0.2) is 84.9 Å². The first-order valence-electron chi connectivity index (χ1n) is 9.60. The molecule has 1 N–H and O–H groups in total. The minimum Gasteiger partial charge on any atom is -0.494 e. The maximum atomic E-state index is 13.1. The van der Waals surface area contributed by atoms with Gasteiger partial charge in [0.1, 0.15) is 11.6 Å². The van der Waals surface area contributed by atoms with Gasteiger partial charge in [0.2, 0.25) is 6.10 Å². The second kappa shape index (κ2) is 10.8. The Bertz CT molecular complexity index is 946. The van der Waals surface area contributed by atoms with E-state index in [0.717, 1.165) is 5.75 Å². The number of esters is 1. The van der Waals surface area contributed by atoms with Crippen LogP contribution < -0.4 is 10.1 Å². The maximum Gasteiger partial charge on any atom is 0.307 e. The van der Waals surface area contributed by atoms with Gasteiger partial charge in [0, 0.05) is 17.7 Å². The van der Waals surface area contributed by atoms with Gasteiger partial charge in [-0.25, -0.2) is 4.39 Å². The average molecular weight is 407 g/mol. The van der Waals surface area contributed by atoms with Crippen molar-refractivity contribution in [3.63, 3.8) is 0 Å². The molecule has 0 aliphatic carbocycles. The van der Waals surface area contributed by atoms with Gasteiger partial charge in [-0.3, -0.25) is 9.59 Å². The molecule has 3 rings (SSSR count). The Morgan fingerprint density at radius 1 is 0.867 bits per heavy atom. The topological polar surface area (TPSA) is 64.6 Å². The monoisotopic (exact) mass is 407 g/mol. The Balaban J connectivity index is 1.57. The van der Waals surface area contributed by atoms with Crippen LogP contribution in [-0.4, -0.2) is 18.5 Å². The number of para-hydroxylation sites is 1. The van der Waals surface area contributed by atoms with Gasteiger partial charge in [-0.05, 0) is 42.8 Å². The summed E-state index contributed by atoms with van der Waals surface area (Å²) in [5.41, 5.74) is 0.959. The molecule has 0 bridgehead atoms. The zero-order valence-corrected chi connectivity index (χ0v) is 16.3. The van der Waals surface area contributed by atoms with Gasteiger partial charge < -0.3 is 14.8 Å². The molecule has 154 valence electrons. The van der Waals surface area contributed by atoms with E-state index in [0.29, 0.717) is 24.3 Å². The number of rotatable bonds is 9. The van der Waals surface area contributed by atoms with Crippen molar-refractivity contribution in [2.75, 3.05) is 11.9 Å². The summed E-state index contributed by atoms with van der Waals surface area (Å²) in [6, 6.07) is 23.4. The summed E-state index contributed by atoms with van der Waals surface area (Å²) in [5.74, 6) is -0.695. The third-order valence-corrected chi connectivity index (χ3v) is 4.24. The number of amides is 1. The number of ether oxygens (including phenoxy) is 2. The van der Waals surface area contributed by atoms with Crippen molar-refractivity contribution < 1.29 is 23.5 Å². The van der Waals surface area contributed by atoms with E-state index in [2.05, 4.69) is 5.32 Å². The zero-order valence-electron chi connectivity index (χ0n) is 16.3. The second-order valence-corrected chi connectivity index (χ2v) is 6.54. The van der Waals surface area contributed by atoms with Gasteiger partial charge in [-0.1, -0.05) is 48.5 Å². The highest BCUT2D eigenvalue weighted by molar-refractivity contribution is 5.96. The summed E-state index contributed by atoms with van der Waals surface area (Å²) in [4.78, 5) is 25.1. The molecule has 3 aromatic rings.